The van der Waals surface area contributed by atoms with Crippen molar-refractivity contribution in [3.05, 3.63) is 35.9 Å². The fraction of sp³-hybridized carbons (Fsp3) is 0.704. The zero-order chi connectivity index (χ0) is 59.1. The van der Waals surface area contributed by atoms with Crippen molar-refractivity contribution in [3.8, 4) is 0 Å². The minimum absolute atomic E-state index is 0.108. The van der Waals surface area contributed by atoms with Gasteiger partial charge in [0.25, 0.3) is 0 Å². The average Bonchev–Trinajstić information content (AvgIpc) is 3.36. The molecule has 442 valence electrons. The van der Waals surface area contributed by atoms with Gasteiger partial charge in [-0.05, 0) is 147 Å². The second kappa shape index (κ2) is 37.6. The summed E-state index contributed by atoms with van der Waals surface area (Å²) in [6.07, 6.45) is 3.99. The van der Waals surface area contributed by atoms with Crippen LogP contribution in [0.5, 0.6) is 0 Å². The van der Waals surface area contributed by atoms with Crippen molar-refractivity contribution in [2.45, 2.75) is 206 Å². The van der Waals surface area contributed by atoms with E-state index in [0.717, 1.165) is 5.56 Å². The molecule has 78 heavy (non-hydrogen) atoms. The maximum Gasteiger partial charge on any atom is 0.326 e. The highest BCUT2D eigenvalue weighted by Gasteiger charge is 2.35. The third-order valence-electron chi connectivity index (χ3n) is 12.6. The van der Waals surface area contributed by atoms with Gasteiger partial charge in [-0.1, -0.05) is 71.9 Å². The van der Waals surface area contributed by atoms with Crippen LogP contribution in [-0.4, -0.2) is 144 Å². The number of hydrogen-bond donors (Lipinski definition) is 14. The molecule has 0 spiro atoms. The van der Waals surface area contributed by atoms with E-state index in [1.807, 2.05) is 71.9 Å². The number of rotatable bonds is 39. The first-order valence-electron chi connectivity index (χ1n) is 27.6. The van der Waals surface area contributed by atoms with E-state index >= 15 is 0 Å². The molecule has 24 heteroatoms. The Balaban J connectivity index is 3.23. The van der Waals surface area contributed by atoms with Crippen LogP contribution in [0.1, 0.15) is 145 Å². The molecule has 0 aliphatic carbocycles. The SMILES string of the molecule is CC(C)C[C@H](NC(=O)[C@H](CCCCN)NC(=O)[C@H](C)NC(=O)[C@H](CC(C)C)NC(=O)[C@H](CC(C)C)NC(=O)[C@H](CCCCN)NC(=O)[C@H](C)NC(=O)[C@@H](N)Cc1ccccc1)C(=O)N[C@@H](C)C(=O)N[C@@H](CCCCN)C(=O)O. The van der Waals surface area contributed by atoms with E-state index < -0.39 is 120 Å². The maximum absolute atomic E-state index is 14.1. The number of benzene rings is 1. The second-order valence-electron chi connectivity index (χ2n) is 21.4. The highest BCUT2D eigenvalue weighted by Crippen LogP contribution is 2.13. The summed E-state index contributed by atoms with van der Waals surface area (Å²) >= 11 is 0. The summed E-state index contributed by atoms with van der Waals surface area (Å²) in [5.74, 6) is -7.84. The molecule has 1 aromatic carbocycles. The third kappa shape index (κ3) is 27.9. The quantitative estimate of drug-likeness (QED) is 0.0373. The van der Waals surface area contributed by atoms with Crippen LogP contribution in [-0.2, 0) is 54.4 Å². The minimum Gasteiger partial charge on any atom is -0.480 e. The second-order valence-corrected chi connectivity index (χ2v) is 21.4. The summed E-state index contributed by atoms with van der Waals surface area (Å²) in [6, 6.07) is -2.33. The summed E-state index contributed by atoms with van der Waals surface area (Å²) < 4.78 is 0. The van der Waals surface area contributed by atoms with Crippen LogP contribution in [0.25, 0.3) is 0 Å². The number of nitrogens with one attached hydrogen (secondary N) is 9. The Morgan fingerprint density at radius 3 is 0.987 bits per heavy atom. The number of carbonyl (C=O) groups is 10. The van der Waals surface area contributed by atoms with Crippen molar-refractivity contribution in [1.82, 2.24) is 47.9 Å². The zero-order valence-electron chi connectivity index (χ0n) is 47.5. The van der Waals surface area contributed by atoms with Crippen LogP contribution >= 0.6 is 0 Å². The van der Waals surface area contributed by atoms with Crippen molar-refractivity contribution in [2.75, 3.05) is 19.6 Å². The number of aliphatic carboxylic acids is 1. The van der Waals surface area contributed by atoms with E-state index in [9.17, 15) is 53.1 Å². The van der Waals surface area contributed by atoms with E-state index in [2.05, 4.69) is 47.9 Å². The summed E-state index contributed by atoms with van der Waals surface area (Å²) in [6.45, 7) is 16.2. The lowest BCUT2D eigenvalue weighted by atomic mass is 9.99. The van der Waals surface area contributed by atoms with Crippen molar-refractivity contribution in [1.29, 1.82) is 0 Å². The maximum atomic E-state index is 14.1. The van der Waals surface area contributed by atoms with Gasteiger partial charge in [-0.25, -0.2) is 4.79 Å². The van der Waals surface area contributed by atoms with Gasteiger partial charge in [0.1, 0.15) is 54.4 Å². The van der Waals surface area contributed by atoms with Crippen molar-refractivity contribution in [2.24, 2.45) is 40.7 Å². The predicted octanol–water partition coefficient (Wildman–Crippen LogP) is -0.411. The van der Waals surface area contributed by atoms with E-state index in [1.165, 1.54) is 20.8 Å². The Labute approximate surface area is 461 Å². The first kappa shape index (κ1) is 69.8. The molecule has 10 atom stereocenters. The summed E-state index contributed by atoms with van der Waals surface area (Å²) in [7, 11) is 0. The molecule has 18 N–H and O–H groups in total. The van der Waals surface area contributed by atoms with Crippen LogP contribution in [0.2, 0.25) is 0 Å². The van der Waals surface area contributed by atoms with E-state index in [4.69, 9.17) is 22.9 Å². The van der Waals surface area contributed by atoms with Crippen LogP contribution in [0, 0.1) is 17.8 Å². The Bertz CT molecular complexity index is 2060. The fourth-order valence-electron chi connectivity index (χ4n) is 8.20. The third-order valence-corrected chi connectivity index (χ3v) is 12.6. The van der Waals surface area contributed by atoms with Gasteiger partial charge in [-0.2, -0.15) is 0 Å². The first-order chi connectivity index (χ1) is 36.7. The molecule has 1 aromatic rings. The highest BCUT2D eigenvalue weighted by atomic mass is 16.4. The Morgan fingerprint density at radius 1 is 0.385 bits per heavy atom. The topological polar surface area (TPSA) is 403 Å². The van der Waals surface area contributed by atoms with Gasteiger partial charge in [0.2, 0.25) is 53.2 Å². The number of carboxylic acids is 1. The molecule has 0 unspecified atom stereocenters. The zero-order valence-corrected chi connectivity index (χ0v) is 47.5. The van der Waals surface area contributed by atoms with Crippen molar-refractivity contribution < 1.29 is 53.1 Å². The Morgan fingerprint density at radius 2 is 0.667 bits per heavy atom. The predicted molar refractivity (Wildman–Crippen MR) is 297 cm³/mol. The minimum atomic E-state index is -1.25. The molecule has 1 rings (SSSR count). The largest absolute Gasteiger partial charge is 0.480 e. The molecule has 0 fully saturated rings. The molecule has 0 saturated heterocycles. The summed E-state index contributed by atoms with van der Waals surface area (Å²) in [5, 5.41) is 33.5. The van der Waals surface area contributed by atoms with E-state index in [-0.39, 0.29) is 62.7 Å². The number of nitrogens with two attached hydrogens (primary N) is 4. The Kier molecular flexibility index (Phi) is 33.6. The molecule has 0 radical (unpaired) electrons. The smallest absolute Gasteiger partial charge is 0.326 e. The average molecular weight is 1100 g/mol. The molecule has 0 aliphatic rings. The van der Waals surface area contributed by atoms with Gasteiger partial charge in [-0.3, -0.25) is 43.2 Å². The number of hydrogen-bond acceptors (Lipinski definition) is 14. The summed E-state index contributed by atoms with van der Waals surface area (Å²) in [5.41, 5.74) is 24.0. The van der Waals surface area contributed by atoms with E-state index in [1.54, 1.807) is 0 Å². The molecular weight excluding hydrogens is 1010 g/mol. The number of amides is 9. The highest BCUT2D eigenvalue weighted by molar-refractivity contribution is 5.98. The molecule has 9 amide bonds. The molecule has 0 saturated carbocycles. The van der Waals surface area contributed by atoms with Gasteiger partial charge >= 0.3 is 5.97 Å². The number of carbonyl (C=O) groups excluding carboxylic acids is 9. The van der Waals surface area contributed by atoms with Gasteiger partial charge in [0.15, 0.2) is 0 Å². The van der Waals surface area contributed by atoms with Crippen molar-refractivity contribution >= 4 is 59.1 Å². The van der Waals surface area contributed by atoms with Crippen LogP contribution < -0.4 is 70.8 Å². The molecule has 0 aliphatic heterocycles. The number of unbranched alkanes of at least 4 members (excludes halogenated alkanes) is 3. The van der Waals surface area contributed by atoms with Gasteiger partial charge < -0.3 is 75.9 Å². The standard InChI is InChI=1S/C54H95N13O11/c1-31(2)27-42(51(74)61-36(9)47(70)64-41(54(77)78)23-15-18-26-57)65-49(72)39(21-13-16-24-55)63-46(69)35(8)60-52(75)43(28-32(3)4)67-53(76)44(29-33(5)6)66-50(73)40(22-14-17-25-56)62-45(68)34(7)59-48(71)38(58)30-37-19-11-10-12-20-37/h10-12,19-20,31-36,38-44H,13-18,21-30,55-58H2,1-9H3,(H,59,71)(H,60,75)(H,61,74)(H,62,68)(H,63,69)(H,64,70)(H,65,72)(H,66,73)(H,67,76)(H,77,78)/t34-,35-,36-,38-,39-,40-,41-,42-,43-,44-/m0/s1. The lowest BCUT2D eigenvalue weighted by Gasteiger charge is -2.28. The molecular formula is C54H95N13O11. The van der Waals surface area contributed by atoms with Gasteiger partial charge in [-0.15, -0.1) is 0 Å². The monoisotopic (exact) mass is 1100 g/mol. The van der Waals surface area contributed by atoms with Crippen LogP contribution in [0.4, 0.5) is 0 Å². The lowest BCUT2D eigenvalue weighted by Crippen LogP contribution is -2.60. The number of carboxylic acid groups (broad SMARTS) is 1. The molecule has 0 aromatic heterocycles. The van der Waals surface area contributed by atoms with Crippen LogP contribution in [0.3, 0.4) is 0 Å². The van der Waals surface area contributed by atoms with Crippen molar-refractivity contribution in [3.63, 3.8) is 0 Å². The van der Waals surface area contributed by atoms with Crippen LogP contribution in [0.15, 0.2) is 30.3 Å². The summed E-state index contributed by atoms with van der Waals surface area (Å²) in [4.78, 5) is 135. The lowest BCUT2D eigenvalue weighted by molar-refractivity contribution is -0.142. The first-order valence-corrected chi connectivity index (χ1v) is 27.6. The normalized spacial score (nSPS) is 15.2. The molecule has 0 heterocycles. The van der Waals surface area contributed by atoms with Gasteiger partial charge in [0.05, 0.1) is 6.04 Å². The fourth-order valence-corrected chi connectivity index (χ4v) is 8.20. The van der Waals surface area contributed by atoms with E-state index in [0.29, 0.717) is 58.2 Å². The Hall–Kier alpha value is -6.24. The molecule has 0 bridgehead atoms. The van der Waals surface area contributed by atoms with Gasteiger partial charge in [0, 0.05) is 0 Å². The molecule has 24 nitrogen and oxygen atoms in total.